The highest BCUT2D eigenvalue weighted by Crippen LogP contribution is 2.46. The van der Waals surface area contributed by atoms with Gasteiger partial charge in [0.2, 0.25) is 10.0 Å². The van der Waals surface area contributed by atoms with Crippen molar-refractivity contribution in [2.75, 3.05) is 13.1 Å². The smallest absolute Gasteiger partial charge is 0.243 e. The Morgan fingerprint density at radius 3 is 2.39 bits per heavy atom. The summed E-state index contributed by atoms with van der Waals surface area (Å²) in [6.45, 7) is 5.21. The van der Waals surface area contributed by atoms with Crippen molar-refractivity contribution < 1.29 is 13.5 Å². The molecule has 1 aliphatic heterocycles. The summed E-state index contributed by atoms with van der Waals surface area (Å²) in [4.78, 5) is 0.367. The van der Waals surface area contributed by atoms with Gasteiger partial charge in [-0.05, 0) is 49.3 Å². The molecule has 0 bridgehead atoms. The van der Waals surface area contributed by atoms with Gasteiger partial charge in [-0.2, -0.15) is 4.31 Å². The highest BCUT2D eigenvalue weighted by Gasteiger charge is 2.47. The van der Waals surface area contributed by atoms with Gasteiger partial charge in [0.25, 0.3) is 0 Å². The summed E-state index contributed by atoms with van der Waals surface area (Å²) in [5.41, 5.74) is 0.925. The van der Waals surface area contributed by atoms with E-state index < -0.39 is 10.0 Å². The second-order valence-corrected chi connectivity index (χ2v) is 9.37. The van der Waals surface area contributed by atoms with Gasteiger partial charge in [-0.1, -0.05) is 32.4 Å². The SMILES string of the molecule is CC(C)c1ccc(S(=O)(=O)N2CCC[C@@]3(CCC[C@H]3O)C2)cc1. The Morgan fingerprint density at radius 1 is 1.17 bits per heavy atom. The van der Waals surface area contributed by atoms with E-state index in [4.69, 9.17) is 0 Å². The van der Waals surface area contributed by atoms with Crippen LogP contribution in [0, 0.1) is 5.41 Å². The molecule has 1 saturated carbocycles. The Hall–Kier alpha value is -0.910. The minimum atomic E-state index is -3.47. The summed E-state index contributed by atoms with van der Waals surface area (Å²) in [5, 5.41) is 10.3. The first-order valence-electron chi connectivity index (χ1n) is 8.63. The van der Waals surface area contributed by atoms with Crippen LogP contribution < -0.4 is 0 Å². The molecule has 0 radical (unpaired) electrons. The van der Waals surface area contributed by atoms with Crippen molar-refractivity contribution in [3.63, 3.8) is 0 Å². The van der Waals surface area contributed by atoms with Crippen LogP contribution in [0.25, 0.3) is 0 Å². The van der Waals surface area contributed by atoms with E-state index in [0.717, 1.165) is 37.7 Å². The van der Waals surface area contributed by atoms with E-state index in [0.29, 0.717) is 23.9 Å². The number of hydrogen-bond donors (Lipinski definition) is 1. The molecule has 1 heterocycles. The molecule has 0 amide bonds. The number of benzene rings is 1. The minimum Gasteiger partial charge on any atom is -0.392 e. The third-order valence-electron chi connectivity index (χ3n) is 5.62. The van der Waals surface area contributed by atoms with E-state index in [1.54, 1.807) is 16.4 Å². The topological polar surface area (TPSA) is 57.6 Å². The molecule has 128 valence electrons. The van der Waals surface area contributed by atoms with Gasteiger partial charge < -0.3 is 5.11 Å². The minimum absolute atomic E-state index is 0.219. The normalized spacial score (nSPS) is 29.5. The summed E-state index contributed by atoms with van der Waals surface area (Å²) in [5.74, 6) is 0.388. The number of nitrogens with zero attached hydrogens (tertiary/aromatic N) is 1. The number of rotatable bonds is 3. The number of aliphatic hydroxyl groups excluding tert-OH is 1. The first-order chi connectivity index (χ1) is 10.8. The monoisotopic (exact) mass is 337 g/mol. The van der Waals surface area contributed by atoms with Crippen molar-refractivity contribution in [2.24, 2.45) is 5.41 Å². The first kappa shape index (κ1) is 16.9. The molecule has 23 heavy (non-hydrogen) atoms. The quantitative estimate of drug-likeness (QED) is 0.922. The van der Waals surface area contributed by atoms with Gasteiger partial charge in [0, 0.05) is 18.5 Å². The zero-order chi connectivity index (χ0) is 16.7. The highest BCUT2D eigenvalue weighted by molar-refractivity contribution is 7.89. The van der Waals surface area contributed by atoms with Crippen LogP contribution in [0.3, 0.4) is 0 Å². The fourth-order valence-electron chi connectivity index (χ4n) is 4.09. The molecule has 0 unspecified atom stereocenters. The molecule has 1 aromatic rings. The second-order valence-electron chi connectivity index (χ2n) is 7.44. The number of piperidine rings is 1. The maximum absolute atomic E-state index is 13.0. The molecule has 2 atom stereocenters. The summed E-state index contributed by atoms with van der Waals surface area (Å²) < 4.78 is 27.5. The van der Waals surface area contributed by atoms with Gasteiger partial charge in [-0.3, -0.25) is 0 Å². The van der Waals surface area contributed by atoms with Crippen LogP contribution in [-0.4, -0.2) is 37.0 Å². The van der Waals surface area contributed by atoms with Gasteiger partial charge in [0.15, 0.2) is 0 Å². The molecule has 1 N–H and O–H groups in total. The molecular formula is C18H27NO3S. The van der Waals surface area contributed by atoms with Gasteiger partial charge in [-0.25, -0.2) is 8.42 Å². The molecule has 1 aromatic carbocycles. The maximum Gasteiger partial charge on any atom is 0.243 e. The van der Waals surface area contributed by atoms with Gasteiger partial charge in [0.05, 0.1) is 11.0 Å². The Morgan fingerprint density at radius 2 is 1.83 bits per heavy atom. The van der Waals surface area contributed by atoms with Crippen LogP contribution in [-0.2, 0) is 10.0 Å². The van der Waals surface area contributed by atoms with Gasteiger partial charge in [-0.15, -0.1) is 0 Å². The average Bonchev–Trinajstić information content (AvgIpc) is 2.87. The molecule has 3 rings (SSSR count). The van der Waals surface area contributed by atoms with Crippen molar-refractivity contribution in [3.8, 4) is 0 Å². The predicted molar refractivity (Wildman–Crippen MR) is 90.8 cm³/mol. The zero-order valence-electron chi connectivity index (χ0n) is 14.0. The van der Waals surface area contributed by atoms with E-state index in [9.17, 15) is 13.5 Å². The summed E-state index contributed by atoms with van der Waals surface area (Å²) >= 11 is 0. The van der Waals surface area contributed by atoms with Crippen molar-refractivity contribution in [3.05, 3.63) is 29.8 Å². The lowest BCUT2D eigenvalue weighted by atomic mass is 9.77. The molecule has 0 aromatic heterocycles. The molecule has 1 spiro atoms. The molecular weight excluding hydrogens is 310 g/mol. The molecule has 5 heteroatoms. The van der Waals surface area contributed by atoms with Crippen LogP contribution in [0.1, 0.15) is 57.4 Å². The first-order valence-corrected chi connectivity index (χ1v) is 10.1. The largest absolute Gasteiger partial charge is 0.392 e. The summed E-state index contributed by atoms with van der Waals surface area (Å²) in [6, 6.07) is 7.25. The lowest BCUT2D eigenvalue weighted by molar-refractivity contribution is 0.0127. The van der Waals surface area contributed by atoms with E-state index in [-0.39, 0.29) is 11.5 Å². The van der Waals surface area contributed by atoms with Crippen LogP contribution in [0.4, 0.5) is 0 Å². The Bertz CT molecular complexity index is 653. The maximum atomic E-state index is 13.0. The molecule has 4 nitrogen and oxygen atoms in total. The molecule has 1 aliphatic carbocycles. The summed E-state index contributed by atoms with van der Waals surface area (Å²) in [6.07, 6.45) is 4.15. The average molecular weight is 337 g/mol. The van der Waals surface area contributed by atoms with Gasteiger partial charge >= 0.3 is 0 Å². The molecule has 2 aliphatic rings. The molecule has 2 fully saturated rings. The van der Waals surface area contributed by atoms with Crippen molar-refractivity contribution in [2.45, 2.75) is 62.9 Å². The van der Waals surface area contributed by atoms with Gasteiger partial charge in [0.1, 0.15) is 0 Å². The van der Waals surface area contributed by atoms with E-state index in [1.165, 1.54) is 0 Å². The Balaban J connectivity index is 1.84. The van der Waals surface area contributed by atoms with Crippen LogP contribution in [0.15, 0.2) is 29.2 Å². The van der Waals surface area contributed by atoms with E-state index in [1.807, 2.05) is 12.1 Å². The molecule has 1 saturated heterocycles. The van der Waals surface area contributed by atoms with E-state index >= 15 is 0 Å². The Labute approximate surface area is 139 Å². The van der Waals surface area contributed by atoms with Crippen LogP contribution in [0.5, 0.6) is 0 Å². The zero-order valence-corrected chi connectivity index (χ0v) is 14.8. The van der Waals surface area contributed by atoms with Crippen LogP contribution >= 0.6 is 0 Å². The van der Waals surface area contributed by atoms with Crippen molar-refractivity contribution in [1.82, 2.24) is 4.31 Å². The fraction of sp³-hybridized carbons (Fsp3) is 0.667. The Kier molecular flexibility index (Phi) is 4.55. The number of hydrogen-bond acceptors (Lipinski definition) is 3. The third kappa shape index (κ3) is 3.06. The predicted octanol–water partition coefficient (Wildman–Crippen LogP) is 3.13. The van der Waals surface area contributed by atoms with E-state index in [2.05, 4.69) is 13.8 Å². The third-order valence-corrected chi connectivity index (χ3v) is 7.48. The van der Waals surface area contributed by atoms with Crippen molar-refractivity contribution >= 4 is 10.0 Å². The standard InChI is InChI=1S/C18H27NO3S/c1-14(2)15-6-8-16(9-7-15)23(21,22)19-12-4-11-18(13-19)10-3-5-17(18)20/h6-9,14,17,20H,3-5,10-13H2,1-2H3/t17-,18+/m1/s1. The highest BCUT2D eigenvalue weighted by atomic mass is 32.2. The number of sulfonamides is 1. The number of aliphatic hydroxyl groups is 1. The summed E-state index contributed by atoms with van der Waals surface area (Å²) in [7, 11) is -3.47. The van der Waals surface area contributed by atoms with Crippen molar-refractivity contribution in [1.29, 1.82) is 0 Å². The lowest BCUT2D eigenvalue weighted by Gasteiger charge is -2.41. The van der Waals surface area contributed by atoms with Crippen LogP contribution in [0.2, 0.25) is 0 Å². The fourth-order valence-corrected chi connectivity index (χ4v) is 5.67. The lowest BCUT2D eigenvalue weighted by Crippen LogP contribution is -2.49. The second kappa shape index (κ2) is 6.19.